The summed E-state index contributed by atoms with van der Waals surface area (Å²) in [5.74, 6) is -0.671. The molecule has 0 amide bonds. The second-order valence-electron chi connectivity index (χ2n) is 2.53. The smallest absolute Gasteiger partial charge is 0.341 e. The van der Waals surface area contributed by atoms with Crippen molar-refractivity contribution in [2.45, 2.75) is 19.6 Å². The number of hydrogen-bond donors (Lipinski definition) is 1. The molecule has 0 aliphatic carbocycles. The molecule has 0 bridgehead atoms. The van der Waals surface area contributed by atoms with Gasteiger partial charge < -0.3 is 14.4 Å². The molecule has 0 radical (unpaired) electrons. The number of aliphatic hydroxyl groups is 1. The van der Waals surface area contributed by atoms with Crippen molar-refractivity contribution >= 4 is 5.97 Å². The van der Waals surface area contributed by atoms with Crippen LogP contribution < -0.4 is 0 Å². The molecule has 1 aromatic heterocycles. The molecule has 13 heavy (non-hydrogen) atoms. The van der Waals surface area contributed by atoms with Crippen LogP contribution in [0.5, 0.6) is 0 Å². The third-order valence-electron chi connectivity index (χ3n) is 1.79. The number of nitrogens with zero attached hydrogens (tertiary/aromatic N) is 2. The summed E-state index contributed by atoms with van der Waals surface area (Å²) in [6.07, 6.45) is 1.76. The summed E-state index contributed by atoms with van der Waals surface area (Å²) < 4.78 is 6.09. The second kappa shape index (κ2) is 4.04. The molecule has 0 aromatic carbocycles. The summed E-state index contributed by atoms with van der Waals surface area (Å²) in [5, 5.41) is 9.45. The number of rotatable bonds is 3. The quantitative estimate of drug-likeness (QED) is 0.677. The lowest BCUT2D eigenvalue weighted by Gasteiger charge is -2.09. The molecule has 1 N–H and O–H groups in total. The fourth-order valence-electron chi connectivity index (χ4n) is 1.06. The lowest BCUT2D eigenvalue weighted by molar-refractivity contribution is -0.151. The molecule has 5 nitrogen and oxygen atoms in total. The first-order chi connectivity index (χ1) is 6.20. The molecule has 72 valence electrons. The number of methoxy groups -OCH3 is 1. The van der Waals surface area contributed by atoms with Gasteiger partial charge in [0, 0.05) is 6.54 Å². The molecule has 5 heteroatoms. The molecular formula is C8H12N2O3. The van der Waals surface area contributed by atoms with Crippen LogP contribution in [0.2, 0.25) is 0 Å². The van der Waals surface area contributed by atoms with Crippen molar-refractivity contribution in [3.05, 3.63) is 18.2 Å². The van der Waals surface area contributed by atoms with Gasteiger partial charge in [-0.15, -0.1) is 0 Å². The van der Waals surface area contributed by atoms with Gasteiger partial charge >= 0.3 is 5.97 Å². The van der Waals surface area contributed by atoms with Crippen LogP contribution in [-0.4, -0.2) is 27.7 Å². The van der Waals surface area contributed by atoms with Crippen molar-refractivity contribution in [2.24, 2.45) is 0 Å². The minimum Gasteiger partial charge on any atom is -0.467 e. The molecule has 0 aliphatic heterocycles. The van der Waals surface area contributed by atoms with E-state index in [4.69, 9.17) is 0 Å². The Morgan fingerprint density at radius 2 is 2.54 bits per heavy atom. The maximum atomic E-state index is 11.0. The maximum absolute atomic E-state index is 11.0. The van der Waals surface area contributed by atoms with E-state index in [0.29, 0.717) is 12.2 Å². The van der Waals surface area contributed by atoms with Gasteiger partial charge in [0.25, 0.3) is 0 Å². The van der Waals surface area contributed by atoms with Gasteiger partial charge in [-0.05, 0) is 6.92 Å². The van der Waals surface area contributed by atoms with E-state index in [2.05, 4.69) is 9.72 Å². The minimum atomic E-state index is -1.24. The van der Waals surface area contributed by atoms with Crippen molar-refractivity contribution in [3.63, 3.8) is 0 Å². The lowest BCUT2D eigenvalue weighted by Crippen LogP contribution is -2.16. The van der Waals surface area contributed by atoms with Gasteiger partial charge in [0.15, 0.2) is 6.10 Å². The Morgan fingerprint density at radius 1 is 1.85 bits per heavy atom. The number of aliphatic hydroxyl groups excluding tert-OH is 1. The molecule has 0 saturated heterocycles. The van der Waals surface area contributed by atoms with Gasteiger partial charge in [-0.3, -0.25) is 0 Å². The first-order valence-corrected chi connectivity index (χ1v) is 3.96. The second-order valence-corrected chi connectivity index (χ2v) is 2.53. The van der Waals surface area contributed by atoms with E-state index in [-0.39, 0.29) is 0 Å². The number of aryl methyl sites for hydroxylation is 1. The summed E-state index contributed by atoms with van der Waals surface area (Å²) in [4.78, 5) is 14.8. The molecule has 0 fully saturated rings. The van der Waals surface area contributed by atoms with Gasteiger partial charge in [0.2, 0.25) is 0 Å². The minimum absolute atomic E-state index is 0.453. The number of carbonyl (C=O) groups is 1. The van der Waals surface area contributed by atoms with Gasteiger partial charge in [-0.2, -0.15) is 0 Å². The van der Waals surface area contributed by atoms with Crippen molar-refractivity contribution in [3.8, 4) is 0 Å². The molecule has 1 atom stereocenters. The van der Waals surface area contributed by atoms with Crippen molar-refractivity contribution in [1.82, 2.24) is 9.55 Å². The Balaban J connectivity index is 2.87. The van der Waals surface area contributed by atoms with Gasteiger partial charge in [0.05, 0.1) is 25.3 Å². The first kappa shape index (κ1) is 9.73. The summed E-state index contributed by atoms with van der Waals surface area (Å²) in [7, 11) is 1.23. The Labute approximate surface area is 76.0 Å². The zero-order valence-electron chi connectivity index (χ0n) is 7.60. The summed E-state index contributed by atoms with van der Waals surface area (Å²) in [6, 6.07) is 0. The van der Waals surface area contributed by atoms with Gasteiger partial charge in [-0.1, -0.05) is 0 Å². The summed E-state index contributed by atoms with van der Waals surface area (Å²) in [6.45, 7) is 2.55. The van der Waals surface area contributed by atoms with Crippen molar-refractivity contribution in [1.29, 1.82) is 0 Å². The number of imidazole rings is 1. The summed E-state index contributed by atoms with van der Waals surface area (Å²) >= 11 is 0. The highest BCUT2D eigenvalue weighted by molar-refractivity contribution is 5.75. The number of ether oxygens (including phenoxy) is 1. The summed E-state index contributed by atoms with van der Waals surface area (Å²) in [5.41, 5.74) is 0.453. The fourth-order valence-corrected chi connectivity index (χ4v) is 1.06. The lowest BCUT2D eigenvalue weighted by atomic mass is 10.3. The van der Waals surface area contributed by atoms with E-state index in [0.717, 1.165) is 0 Å². The molecule has 0 spiro atoms. The first-order valence-electron chi connectivity index (χ1n) is 3.96. The number of esters is 1. The Kier molecular flexibility index (Phi) is 3.02. The standard InChI is InChI=1S/C8H12N2O3/c1-3-10-5-9-4-6(10)7(11)8(12)13-2/h4-5,7,11H,3H2,1-2H3. The highest BCUT2D eigenvalue weighted by Crippen LogP contribution is 2.13. The highest BCUT2D eigenvalue weighted by Gasteiger charge is 2.20. The molecule has 0 aliphatic rings. The zero-order valence-corrected chi connectivity index (χ0v) is 7.60. The Morgan fingerprint density at radius 3 is 3.08 bits per heavy atom. The SMILES string of the molecule is CCn1cncc1C(O)C(=O)OC. The van der Waals surface area contributed by atoms with E-state index < -0.39 is 12.1 Å². The van der Waals surface area contributed by atoms with Crippen molar-refractivity contribution < 1.29 is 14.6 Å². The van der Waals surface area contributed by atoms with Crippen LogP contribution in [0, 0.1) is 0 Å². The highest BCUT2D eigenvalue weighted by atomic mass is 16.5. The normalized spacial score (nSPS) is 12.5. The number of aromatic nitrogens is 2. The Hall–Kier alpha value is -1.36. The third kappa shape index (κ3) is 1.86. The molecule has 1 aromatic rings. The average Bonchev–Trinajstić information content (AvgIpc) is 2.62. The van der Waals surface area contributed by atoms with E-state index in [1.54, 1.807) is 10.9 Å². The molecule has 1 heterocycles. The molecule has 1 rings (SSSR count). The van der Waals surface area contributed by atoms with Crippen LogP contribution in [0.4, 0.5) is 0 Å². The maximum Gasteiger partial charge on any atom is 0.341 e. The van der Waals surface area contributed by atoms with Gasteiger partial charge in [0.1, 0.15) is 0 Å². The molecule has 0 saturated carbocycles. The largest absolute Gasteiger partial charge is 0.467 e. The Bertz CT molecular complexity index is 295. The molecular weight excluding hydrogens is 172 g/mol. The van der Waals surface area contributed by atoms with Crippen LogP contribution >= 0.6 is 0 Å². The topological polar surface area (TPSA) is 64.3 Å². The van der Waals surface area contributed by atoms with E-state index in [1.165, 1.54) is 13.3 Å². The van der Waals surface area contributed by atoms with Gasteiger partial charge in [-0.25, -0.2) is 9.78 Å². The zero-order chi connectivity index (χ0) is 9.84. The van der Waals surface area contributed by atoms with Crippen molar-refractivity contribution in [2.75, 3.05) is 7.11 Å². The average molecular weight is 184 g/mol. The van der Waals surface area contributed by atoms with Crippen LogP contribution in [0.15, 0.2) is 12.5 Å². The van der Waals surface area contributed by atoms with E-state index in [1.807, 2.05) is 6.92 Å². The number of hydrogen-bond acceptors (Lipinski definition) is 4. The van der Waals surface area contributed by atoms with E-state index in [9.17, 15) is 9.90 Å². The molecule has 1 unspecified atom stereocenters. The monoisotopic (exact) mass is 184 g/mol. The third-order valence-corrected chi connectivity index (χ3v) is 1.79. The fraction of sp³-hybridized carbons (Fsp3) is 0.500. The predicted octanol–water partition coefficient (Wildman–Crippen LogP) is 0.109. The predicted molar refractivity (Wildman–Crippen MR) is 44.9 cm³/mol. The van der Waals surface area contributed by atoms with Crippen LogP contribution in [0.3, 0.4) is 0 Å². The number of carbonyl (C=O) groups excluding carboxylic acids is 1. The van der Waals surface area contributed by atoms with Crippen LogP contribution in [0.25, 0.3) is 0 Å². The van der Waals surface area contributed by atoms with Crippen LogP contribution in [0.1, 0.15) is 18.7 Å². The van der Waals surface area contributed by atoms with Crippen LogP contribution in [-0.2, 0) is 16.1 Å². The van der Waals surface area contributed by atoms with E-state index >= 15 is 0 Å².